The molecule has 8 nitrogen and oxygen atoms in total. The molecule has 36 heavy (non-hydrogen) atoms. The molecule has 2 aromatic carbocycles. The first-order chi connectivity index (χ1) is 17.3. The number of benzene rings is 2. The fourth-order valence-electron chi connectivity index (χ4n) is 4.07. The third-order valence-corrected chi connectivity index (χ3v) is 6.18. The number of nitrogens with two attached hydrogens (primary N) is 1. The summed E-state index contributed by atoms with van der Waals surface area (Å²) >= 11 is 0. The molecule has 2 amide bonds. The lowest BCUT2D eigenvalue weighted by atomic mass is 9.95. The molecule has 1 atom stereocenters. The van der Waals surface area contributed by atoms with Crippen LogP contribution in [0.5, 0.6) is 0 Å². The Hall–Kier alpha value is -4.20. The van der Waals surface area contributed by atoms with Crippen LogP contribution in [0.15, 0.2) is 82.7 Å². The number of carbonyl (C=O) groups is 2. The standard InChI is InChI=1S/C28H31N5O3/c1-18(2)14-15-33(3)24-13-12-21(17-23(24)30-27(35)19-8-5-4-6-9-19)26-31-28(36-32-26)22-11-7-10-20(16-22)25(29)34/h4-11,13,16-18,21H,12,14-15H2,1-3H3,(H2,29,34)(H,30,35)/p+1/t21-/m1/s1. The summed E-state index contributed by atoms with van der Waals surface area (Å²) < 4.78 is 5.56. The predicted molar refractivity (Wildman–Crippen MR) is 137 cm³/mol. The number of nitrogens with zero attached hydrogens (tertiary/aromatic N) is 2. The van der Waals surface area contributed by atoms with Gasteiger partial charge in [0.2, 0.25) is 5.91 Å². The van der Waals surface area contributed by atoms with Gasteiger partial charge in [0.1, 0.15) is 0 Å². The van der Waals surface area contributed by atoms with Gasteiger partial charge in [0.05, 0.1) is 22.9 Å². The van der Waals surface area contributed by atoms with Gasteiger partial charge in [-0.25, -0.2) is 9.51 Å². The molecule has 1 heterocycles. The molecular weight excluding hydrogens is 454 g/mol. The first kappa shape index (κ1) is 24.9. The molecule has 0 saturated carbocycles. The lowest BCUT2D eigenvalue weighted by Crippen LogP contribution is -2.32. The normalized spacial score (nSPS) is 15.3. The minimum atomic E-state index is -0.509. The van der Waals surface area contributed by atoms with Crippen LogP contribution >= 0.6 is 0 Å². The van der Waals surface area contributed by atoms with Crippen molar-refractivity contribution in [1.82, 2.24) is 15.4 Å². The van der Waals surface area contributed by atoms with E-state index in [1.165, 1.54) is 0 Å². The van der Waals surface area contributed by atoms with Gasteiger partial charge in [-0.2, -0.15) is 0 Å². The number of rotatable bonds is 9. The second kappa shape index (κ2) is 11.0. The highest BCUT2D eigenvalue weighted by Gasteiger charge is 2.29. The van der Waals surface area contributed by atoms with Crippen molar-refractivity contribution >= 4 is 11.8 Å². The average molecular weight is 487 g/mol. The molecule has 186 valence electrons. The molecule has 0 bridgehead atoms. The first-order valence-corrected chi connectivity index (χ1v) is 12.1. The van der Waals surface area contributed by atoms with E-state index in [9.17, 15) is 9.59 Å². The van der Waals surface area contributed by atoms with E-state index >= 15 is 0 Å². The van der Waals surface area contributed by atoms with Crippen molar-refractivity contribution in [2.75, 3.05) is 13.6 Å². The number of primary amides is 1. The summed E-state index contributed by atoms with van der Waals surface area (Å²) in [5.74, 6) is 0.826. The van der Waals surface area contributed by atoms with Crippen LogP contribution in [0.2, 0.25) is 0 Å². The predicted octanol–water partition coefficient (Wildman–Crippen LogP) is 3.92. The SMILES string of the molecule is CC(C)CCN(C)C1=CC[C@@H](c2noc(-c3cccc(C(N)=O)c3)[nH+]2)C=C1NC(=O)c1ccccc1. The number of hydrogen-bond acceptors (Lipinski definition) is 5. The smallest absolute Gasteiger partial charge is 0.354 e. The molecule has 3 aromatic rings. The van der Waals surface area contributed by atoms with Crippen molar-refractivity contribution in [3.8, 4) is 11.5 Å². The van der Waals surface area contributed by atoms with E-state index in [4.69, 9.17) is 10.3 Å². The maximum absolute atomic E-state index is 13.0. The lowest BCUT2D eigenvalue weighted by molar-refractivity contribution is -0.383. The minimum Gasteiger partial charge on any atom is -0.373 e. The van der Waals surface area contributed by atoms with E-state index < -0.39 is 5.91 Å². The van der Waals surface area contributed by atoms with Crippen molar-refractivity contribution in [2.24, 2.45) is 11.7 Å². The highest BCUT2D eigenvalue weighted by Crippen LogP contribution is 2.30. The van der Waals surface area contributed by atoms with Crippen molar-refractivity contribution in [1.29, 1.82) is 0 Å². The number of amides is 2. The molecule has 0 aliphatic heterocycles. The molecule has 0 unspecified atom stereocenters. The van der Waals surface area contributed by atoms with E-state index in [-0.39, 0.29) is 11.8 Å². The van der Waals surface area contributed by atoms with Gasteiger partial charge in [-0.15, -0.1) is 0 Å². The van der Waals surface area contributed by atoms with Crippen molar-refractivity contribution in [3.05, 3.63) is 95.1 Å². The van der Waals surface area contributed by atoms with Gasteiger partial charge in [0.25, 0.3) is 5.91 Å². The van der Waals surface area contributed by atoms with Gasteiger partial charge in [-0.3, -0.25) is 9.59 Å². The number of aromatic amines is 1. The number of hydrogen-bond donors (Lipinski definition) is 2. The highest BCUT2D eigenvalue weighted by atomic mass is 16.5. The summed E-state index contributed by atoms with van der Waals surface area (Å²) in [7, 11) is 2.04. The second-order valence-corrected chi connectivity index (χ2v) is 9.40. The van der Waals surface area contributed by atoms with Crippen LogP contribution in [-0.2, 0) is 0 Å². The Morgan fingerprint density at radius 2 is 1.92 bits per heavy atom. The molecule has 0 spiro atoms. The fraction of sp³-hybridized carbons (Fsp3) is 0.286. The Bertz CT molecular complexity index is 1290. The summed E-state index contributed by atoms with van der Waals surface area (Å²) in [6, 6.07) is 16.0. The van der Waals surface area contributed by atoms with Crippen LogP contribution < -0.4 is 16.0 Å². The number of likely N-dealkylation sites (N-methyl/N-ethyl adjacent to an activating group) is 1. The van der Waals surface area contributed by atoms with Crippen LogP contribution in [0.3, 0.4) is 0 Å². The zero-order valence-electron chi connectivity index (χ0n) is 20.8. The van der Waals surface area contributed by atoms with Crippen LogP contribution in [0.25, 0.3) is 11.5 Å². The topological polar surface area (TPSA) is 116 Å². The monoisotopic (exact) mass is 486 g/mol. The highest BCUT2D eigenvalue weighted by molar-refractivity contribution is 5.95. The molecule has 1 aromatic heterocycles. The molecule has 0 radical (unpaired) electrons. The molecule has 8 heteroatoms. The van der Waals surface area contributed by atoms with E-state index in [0.717, 1.165) is 24.4 Å². The number of carbonyl (C=O) groups excluding carboxylic acids is 2. The fourth-order valence-corrected chi connectivity index (χ4v) is 4.07. The molecular formula is C28H32N5O3+. The number of allylic oxidation sites excluding steroid dienone is 2. The Morgan fingerprint density at radius 3 is 2.64 bits per heavy atom. The molecule has 1 aliphatic carbocycles. The number of H-pyrrole nitrogens is 1. The van der Waals surface area contributed by atoms with Gasteiger partial charge < -0.3 is 16.0 Å². The molecule has 0 fully saturated rings. The molecule has 4 N–H and O–H groups in total. The molecule has 0 saturated heterocycles. The van der Waals surface area contributed by atoms with Crippen molar-refractivity contribution in [2.45, 2.75) is 32.6 Å². The van der Waals surface area contributed by atoms with Gasteiger partial charge >= 0.3 is 11.7 Å². The average Bonchev–Trinajstić information content (AvgIpc) is 3.38. The summed E-state index contributed by atoms with van der Waals surface area (Å²) in [6.45, 7) is 5.28. The molecule has 1 aliphatic rings. The van der Waals surface area contributed by atoms with Gasteiger partial charge in [0, 0.05) is 24.7 Å². The zero-order chi connectivity index (χ0) is 25.7. The summed E-state index contributed by atoms with van der Waals surface area (Å²) in [6.07, 6.45) is 5.87. The minimum absolute atomic E-state index is 0.129. The first-order valence-electron chi connectivity index (χ1n) is 12.1. The largest absolute Gasteiger partial charge is 0.373 e. The number of aromatic nitrogens is 2. The Labute approximate surface area is 210 Å². The van der Waals surface area contributed by atoms with E-state index in [1.54, 1.807) is 30.3 Å². The Balaban J connectivity index is 1.60. The summed E-state index contributed by atoms with van der Waals surface area (Å²) in [5.41, 5.74) is 8.78. The zero-order valence-corrected chi connectivity index (χ0v) is 20.8. The van der Waals surface area contributed by atoms with E-state index in [0.29, 0.717) is 40.7 Å². The van der Waals surface area contributed by atoms with Crippen molar-refractivity contribution < 1.29 is 19.1 Å². The maximum atomic E-state index is 13.0. The number of nitrogens with one attached hydrogen (secondary N) is 2. The quantitative estimate of drug-likeness (QED) is 0.476. The third-order valence-electron chi connectivity index (χ3n) is 6.18. The van der Waals surface area contributed by atoms with Crippen molar-refractivity contribution in [3.63, 3.8) is 0 Å². The van der Waals surface area contributed by atoms with Crippen LogP contribution in [0, 0.1) is 5.92 Å². The van der Waals surface area contributed by atoms with Crippen LogP contribution in [0.1, 0.15) is 59.1 Å². The van der Waals surface area contributed by atoms with Gasteiger partial charge in [0.15, 0.2) is 5.16 Å². The summed E-state index contributed by atoms with van der Waals surface area (Å²) in [5, 5.41) is 7.35. The van der Waals surface area contributed by atoms with E-state index in [1.807, 2.05) is 37.4 Å². The summed E-state index contributed by atoms with van der Waals surface area (Å²) in [4.78, 5) is 29.9. The molecule has 4 rings (SSSR count). The van der Waals surface area contributed by atoms with Gasteiger partial charge in [-0.05, 0) is 55.2 Å². The van der Waals surface area contributed by atoms with Crippen LogP contribution in [-0.4, -0.2) is 35.5 Å². The van der Waals surface area contributed by atoms with E-state index in [2.05, 4.69) is 40.3 Å². The third kappa shape index (κ3) is 5.89. The Kier molecular flexibility index (Phi) is 7.63. The Morgan fingerprint density at radius 1 is 1.17 bits per heavy atom. The van der Waals surface area contributed by atoms with Gasteiger partial charge in [-0.1, -0.05) is 44.2 Å². The second-order valence-electron chi connectivity index (χ2n) is 9.40. The maximum Gasteiger partial charge on any atom is 0.354 e. The van der Waals surface area contributed by atoms with Crippen LogP contribution in [0.4, 0.5) is 0 Å². The lowest BCUT2D eigenvalue weighted by Gasteiger charge is -2.29.